The van der Waals surface area contributed by atoms with E-state index >= 15 is 0 Å². The molecule has 0 saturated carbocycles. The number of carbonyl (C=O) groups is 3. The number of nitrogens with zero attached hydrogens (tertiary/aromatic N) is 1. The number of urea groups is 1. The van der Waals surface area contributed by atoms with Gasteiger partial charge in [-0.1, -0.05) is 17.7 Å². The second-order valence-corrected chi connectivity index (χ2v) is 6.61. The Balaban J connectivity index is 2.00. The third-order valence-corrected chi connectivity index (χ3v) is 4.70. The number of alkyl halides is 3. The van der Waals surface area contributed by atoms with Crippen LogP contribution in [0.15, 0.2) is 41.8 Å². The Hall–Kier alpha value is -2.59. The average molecular weight is 404 g/mol. The molecule has 11 heteroatoms. The zero-order chi connectivity index (χ0) is 19.1. The van der Waals surface area contributed by atoms with Gasteiger partial charge in [0.25, 0.3) is 17.5 Å². The fourth-order valence-corrected chi connectivity index (χ4v) is 3.09. The summed E-state index contributed by atoms with van der Waals surface area (Å²) in [6, 6.07) is 6.50. The minimum absolute atomic E-state index is 0.0411. The van der Waals surface area contributed by atoms with E-state index in [1.54, 1.807) is 10.6 Å². The van der Waals surface area contributed by atoms with Crippen molar-refractivity contribution in [2.24, 2.45) is 0 Å². The van der Waals surface area contributed by atoms with Gasteiger partial charge in [-0.15, -0.1) is 11.3 Å². The molecule has 0 spiro atoms. The lowest BCUT2D eigenvalue weighted by Crippen LogP contribution is -2.69. The number of imide groups is 1. The van der Waals surface area contributed by atoms with Gasteiger partial charge in [0.05, 0.1) is 10.6 Å². The molecule has 1 unspecified atom stereocenters. The van der Waals surface area contributed by atoms with E-state index in [2.05, 4.69) is 0 Å². The van der Waals surface area contributed by atoms with Gasteiger partial charge >= 0.3 is 12.2 Å². The first-order chi connectivity index (χ1) is 12.2. The molecular weight excluding hydrogens is 395 g/mol. The molecule has 4 amide bonds. The van der Waals surface area contributed by atoms with Crippen molar-refractivity contribution in [2.45, 2.75) is 11.8 Å². The van der Waals surface area contributed by atoms with Crippen molar-refractivity contribution >= 4 is 46.5 Å². The first kappa shape index (κ1) is 18.2. The molecule has 2 heterocycles. The Morgan fingerprint density at radius 2 is 1.85 bits per heavy atom. The number of rotatable bonds is 3. The van der Waals surface area contributed by atoms with Crippen molar-refractivity contribution in [3.63, 3.8) is 0 Å². The summed E-state index contributed by atoms with van der Waals surface area (Å²) in [6.07, 6.45) is -5.27. The molecular formula is C15H9ClF3N3O3S. The molecule has 1 aliphatic rings. The minimum atomic E-state index is -5.27. The van der Waals surface area contributed by atoms with Crippen LogP contribution < -0.4 is 15.5 Å². The highest BCUT2D eigenvalue weighted by Gasteiger charge is 2.69. The van der Waals surface area contributed by atoms with Crippen LogP contribution in [0.2, 0.25) is 5.02 Å². The standard InChI is InChI=1S/C15H9ClF3N3O3S/c16-8-3-5-9(6-4-8)22-12(24)14(15(17,18)19,21-13(22)25)20-11(23)10-2-1-7-26-10/h1-7H,(H,20,23)(H,21,25). The van der Waals surface area contributed by atoms with Gasteiger partial charge in [0.2, 0.25) is 0 Å². The normalized spacial score (nSPS) is 20.2. The Bertz CT molecular complexity index is 871. The van der Waals surface area contributed by atoms with Crippen LogP contribution in [0.4, 0.5) is 23.7 Å². The predicted octanol–water partition coefficient (Wildman–Crippen LogP) is 3.15. The summed E-state index contributed by atoms with van der Waals surface area (Å²) >= 11 is 6.60. The smallest absolute Gasteiger partial charge is 0.313 e. The van der Waals surface area contributed by atoms with E-state index in [0.29, 0.717) is 4.90 Å². The molecule has 1 atom stereocenters. The van der Waals surface area contributed by atoms with Crippen LogP contribution >= 0.6 is 22.9 Å². The summed E-state index contributed by atoms with van der Waals surface area (Å²) in [4.78, 5) is 37.0. The molecule has 0 bridgehead atoms. The SMILES string of the molecule is O=C(NC1(C(F)(F)F)NC(=O)N(c2ccc(Cl)cc2)C1=O)c1cccs1. The van der Waals surface area contributed by atoms with Crippen LogP contribution in [-0.4, -0.2) is 29.7 Å². The summed E-state index contributed by atoms with van der Waals surface area (Å²) in [7, 11) is 0. The monoisotopic (exact) mass is 403 g/mol. The highest BCUT2D eigenvalue weighted by atomic mass is 35.5. The number of carbonyl (C=O) groups excluding carboxylic acids is 3. The van der Waals surface area contributed by atoms with Crippen LogP contribution in [0, 0.1) is 0 Å². The number of benzene rings is 1. The molecule has 1 aliphatic heterocycles. The molecule has 3 rings (SSSR count). The molecule has 26 heavy (non-hydrogen) atoms. The molecule has 0 aliphatic carbocycles. The number of anilines is 1. The summed E-state index contributed by atoms with van der Waals surface area (Å²) in [6.45, 7) is 0. The lowest BCUT2D eigenvalue weighted by atomic mass is 10.1. The number of hydrogen-bond donors (Lipinski definition) is 2. The van der Waals surface area contributed by atoms with E-state index in [9.17, 15) is 27.6 Å². The third kappa shape index (κ3) is 2.90. The van der Waals surface area contributed by atoms with E-state index in [0.717, 1.165) is 11.3 Å². The molecule has 1 aromatic heterocycles. The summed E-state index contributed by atoms with van der Waals surface area (Å²) < 4.78 is 41.1. The van der Waals surface area contributed by atoms with E-state index in [-0.39, 0.29) is 15.6 Å². The van der Waals surface area contributed by atoms with Crippen LogP contribution in [0.25, 0.3) is 0 Å². The van der Waals surface area contributed by atoms with E-state index in [1.807, 2.05) is 0 Å². The van der Waals surface area contributed by atoms with Gasteiger partial charge in [-0.3, -0.25) is 14.9 Å². The minimum Gasteiger partial charge on any atom is -0.313 e. The fourth-order valence-electron chi connectivity index (χ4n) is 2.34. The fraction of sp³-hybridized carbons (Fsp3) is 0.133. The molecule has 1 fully saturated rings. The maximum Gasteiger partial charge on any atom is 0.440 e. The number of hydrogen-bond acceptors (Lipinski definition) is 4. The van der Waals surface area contributed by atoms with Crippen LogP contribution in [0.1, 0.15) is 9.67 Å². The highest BCUT2D eigenvalue weighted by molar-refractivity contribution is 7.12. The Kier molecular flexibility index (Phi) is 4.41. The third-order valence-electron chi connectivity index (χ3n) is 3.58. The van der Waals surface area contributed by atoms with Gasteiger partial charge in [0, 0.05) is 5.02 Å². The Labute approximate surface area is 153 Å². The van der Waals surface area contributed by atoms with Gasteiger partial charge in [-0.05, 0) is 35.7 Å². The molecule has 1 aromatic carbocycles. The Morgan fingerprint density at radius 3 is 2.38 bits per heavy atom. The van der Waals surface area contributed by atoms with Crippen LogP contribution in [0.5, 0.6) is 0 Å². The number of thiophene rings is 1. The van der Waals surface area contributed by atoms with E-state index < -0.39 is 29.7 Å². The second-order valence-electron chi connectivity index (χ2n) is 5.23. The van der Waals surface area contributed by atoms with Crippen molar-refractivity contribution in [3.05, 3.63) is 51.7 Å². The van der Waals surface area contributed by atoms with E-state index in [4.69, 9.17) is 11.6 Å². The van der Waals surface area contributed by atoms with Crippen molar-refractivity contribution in [2.75, 3.05) is 4.90 Å². The van der Waals surface area contributed by atoms with Crippen molar-refractivity contribution in [3.8, 4) is 0 Å². The van der Waals surface area contributed by atoms with Crippen molar-refractivity contribution in [1.82, 2.24) is 10.6 Å². The molecule has 1 saturated heterocycles. The largest absolute Gasteiger partial charge is 0.440 e. The van der Waals surface area contributed by atoms with E-state index in [1.165, 1.54) is 41.8 Å². The van der Waals surface area contributed by atoms with Crippen molar-refractivity contribution < 1.29 is 27.6 Å². The molecule has 0 radical (unpaired) electrons. The predicted molar refractivity (Wildman–Crippen MR) is 88.0 cm³/mol. The topological polar surface area (TPSA) is 78.5 Å². The molecule has 6 nitrogen and oxygen atoms in total. The number of nitrogens with one attached hydrogen (secondary N) is 2. The second kappa shape index (κ2) is 6.29. The lowest BCUT2D eigenvalue weighted by molar-refractivity contribution is -0.197. The quantitative estimate of drug-likeness (QED) is 0.773. The maximum atomic E-state index is 13.7. The summed E-state index contributed by atoms with van der Waals surface area (Å²) in [5, 5.41) is 4.95. The first-order valence-corrected chi connectivity index (χ1v) is 8.26. The van der Waals surface area contributed by atoms with Crippen LogP contribution in [0.3, 0.4) is 0 Å². The molecule has 2 aromatic rings. The van der Waals surface area contributed by atoms with Gasteiger partial charge in [0.15, 0.2) is 0 Å². The van der Waals surface area contributed by atoms with Crippen molar-refractivity contribution in [1.29, 1.82) is 0 Å². The summed E-state index contributed by atoms with van der Waals surface area (Å²) in [5.74, 6) is -2.80. The first-order valence-electron chi connectivity index (χ1n) is 7.01. The van der Waals surface area contributed by atoms with Gasteiger partial charge in [-0.2, -0.15) is 13.2 Å². The zero-order valence-corrected chi connectivity index (χ0v) is 14.2. The van der Waals surface area contributed by atoms with Gasteiger partial charge < -0.3 is 5.32 Å². The number of halogens is 4. The molecule has 2 N–H and O–H groups in total. The van der Waals surface area contributed by atoms with Gasteiger partial charge in [0.1, 0.15) is 0 Å². The van der Waals surface area contributed by atoms with Gasteiger partial charge in [-0.25, -0.2) is 9.69 Å². The lowest BCUT2D eigenvalue weighted by Gasteiger charge is -2.29. The number of amides is 4. The highest BCUT2D eigenvalue weighted by Crippen LogP contribution is 2.36. The average Bonchev–Trinajstić information content (AvgIpc) is 3.16. The molecule has 136 valence electrons. The zero-order valence-electron chi connectivity index (χ0n) is 12.6. The van der Waals surface area contributed by atoms with Crippen LogP contribution in [-0.2, 0) is 4.79 Å². The Morgan fingerprint density at radius 1 is 1.19 bits per heavy atom. The maximum absolute atomic E-state index is 13.7. The summed E-state index contributed by atoms with van der Waals surface area (Å²) in [5.41, 5.74) is -3.68.